The molecule has 0 atom stereocenters. The summed E-state index contributed by atoms with van der Waals surface area (Å²) in [7, 11) is -4.22. The van der Waals surface area contributed by atoms with E-state index >= 15 is 0 Å². The number of carbonyl (C=O) groups is 1. The van der Waals surface area contributed by atoms with Crippen LogP contribution in [0.15, 0.2) is 188 Å². The van der Waals surface area contributed by atoms with E-state index in [0.29, 0.717) is 28.4 Å². The number of anilines is 1. The molecule has 4 N–H and O–H groups in total. The summed E-state index contributed by atoms with van der Waals surface area (Å²) in [6.07, 6.45) is 0. The van der Waals surface area contributed by atoms with E-state index in [4.69, 9.17) is 0 Å². The molecule has 0 unspecified atom stereocenters. The average molecular weight is 981 g/mol. The van der Waals surface area contributed by atoms with E-state index in [2.05, 4.69) is 35.6 Å². The van der Waals surface area contributed by atoms with Crippen molar-refractivity contribution in [2.75, 3.05) is 4.72 Å². The number of nitro benzene ring substituents is 1. The van der Waals surface area contributed by atoms with Crippen molar-refractivity contribution >= 4 is 72.3 Å². The van der Waals surface area contributed by atoms with Gasteiger partial charge in [-0.1, -0.05) is 110 Å². The Morgan fingerprint density at radius 1 is 0.776 bits per heavy atom. The average Bonchev–Trinajstić information content (AvgIpc) is 3.58. The Bertz CT molecular complexity index is 3290. The molecule has 1 radical (unpaired) electrons. The van der Waals surface area contributed by atoms with Crippen molar-refractivity contribution in [2.45, 2.75) is 11.8 Å². The van der Waals surface area contributed by atoms with Crippen molar-refractivity contribution in [3.05, 3.63) is 195 Å². The molecule has 8 rings (SSSR count). The number of phenolic OH excluding ortho intramolecular Hbond substituents is 2. The van der Waals surface area contributed by atoms with Gasteiger partial charge in [0.2, 0.25) is 0 Å². The fraction of sp³-hybridized carbons (Fsp3) is 0.0222. The SMILES string of the molecule is Cc1nn(-c2ccccc2)c(=O)[c-]1N=Nc1cc([N+](=O)[O-])ccc1O.O=C(O)c1ccccc1NS(=O)(=O)c1ccc(O)c(N=Nc2c([N-]c3ccccc3)ccc3ccccc23)c1.[Co].[Na+].[Na+]. The molecule has 0 amide bonds. The number of hydrogen-bond acceptors (Lipinski definition) is 13. The Morgan fingerprint density at radius 3 is 2.07 bits per heavy atom. The zero-order chi connectivity index (χ0) is 45.4. The van der Waals surface area contributed by atoms with Gasteiger partial charge in [0.1, 0.15) is 28.4 Å². The topological polar surface area (TPSA) is 266 Å². The molecule has 329 valence electrons. The van der Waals surface area contributed by atoms with Crippen LogP contribution >= 0.6 is 0 Å². The number of hydrogen-bond donors (Lipinski definition) is 4. The fourth-order valence-corrected chi connectivity index (χ4v) is 7.16. The summed E-state index contributed by atoms with van der Waals surface area (Å²) < 4.78 is 29.6. The third-order valence-corrected chi connectivity index (χ3v) is 10.6. The number of carboxylic acids is 1. The van der Waals surface area contributed by atoms with E-state index < -0.39 is 26.5 Å². The van der Waals surface area contributed by atoms with Crippen LogP contribution in [-0.2, 0) is 26.8 Å². The van der Waals surface area contributed by atoms with E-state index in [1.54, 1.807) is 31.2 Å². The number of aromatic carboxylic acids is 1. The largest absolute Gasteiger partial charge is 1.00 e. The number of phenols is 2. The number of fused-ring (bicyclic) bond motifs is 1. The van der Waals surface area contributed by atoms with Gasteiger partial charge in [-0.15, -0.1) is 22.2 Å². The van der Waals surface area contributed by atoms with Crippen molar-refractivity contribution in [1.82, 2.24) is 9.78 Å². The number of para-hydroxylation sites is 3. The van der Waals surface area contributed by atoms with Gasteiger partial charge in [-0.05, 0) is 53.9 Å². The third-order valence-electron chi connectivity index (χ3n) is 9.22. The molecule has 0 saturated heterocycles. The normalized spacial score (nSPS) is 10.8. The van der Waals surface area contributed by atoms with Crippen LogP contribution in [0.3, 0.4) is 0 Å². The second-order valence-corrected chi connectivity index (χ2v) is 15.2. The van der Waals surface area contributed by atoms with Gasteiger partial charge in [0.25, 0.3) is 15.7 Å². The maximum absolute atomic E-state index is 13.1. The van der Waals surface area contributed by atoms with Gasteiger partial charge in [0.15, 0.2) is 0 Å². The van der Waals surface area contributed by atoms with Crippen LogP contribution in [0.1, 0.15) is 16.1 Å². The van der Waals surface area contributed by atoms with Gasteiger partial charge in [-0.25, -0.2) is 23.0 Å². The van der Waals surface area contributed by atoms with Crippen molar-refractivity contribution in [1.29, 1.82) is 0 Å². The van der Waals surface area contributed by atoms with Crippen LogP contribution < -0.4 is 69.4 Å². The zero-order valence-electron chi connectivity index (χ0n) is 35.6. The third kappa shape index (κ3) is 12.9. The second-order valence-electron chi connectivity index (χ2n) is 13.5. The summed E-state index contributed by atoms with van der Waals surface area (Å²) in [6.45, 7) is 1.60. The minimum Gasteiger partial charge on any atom is -0.656 e. The number of aromatic nitrogens is 2. The van der Waals surface area contributed by atoms with Crippen molar-refractivity contribution in [3.63, 3.8) is 0 Å². The van der Waals surface area contributed by atoms with Crippen LogP contribution in [0.2, 0.25) is 0 Å². The van der Waals surface area contributed by atoms with Gasteiger partial charge in [-0.2, -0.15) is 10.2 Å². The molecule has 22 heteroatoms. The molecular weight excluding hydrogens is 948 g/mol. The monoisotopic (exact) mass is 980 g/mol. The molecular formula is C45H33CoN9Na2O9S. The molecule has 0 aliphatic carbocycles. The summed E-state index contributed by atoms with van der Waals surface area (Å²) in [5, 5.41) is 67.0. The molecule has 0 aliphatic heterocycles. The number of nitro groups is 1. The quantitative estimate of drug-likeness (QED) is 0.0414. The minimum absolute atomic E-state index is 0. The molecule has 0 aliphatic rings. The molecule has 8 aromatic rings. The minimum atomic E-state index is -4.22. The van der Waals surface area contributed by atoms with Crippen LogP contribution in [0.4, 0.5) is 45.5 Å². The maximum atomic E-state index is 13.1. The van der Waals surface area contributed by atoms with Gasteiger partial charge < -0.3 is 30.5 Å². The Labute approximate surface area is 436 Å². The van der Waals surface area contributed by atoms with Crippen LogP contribution in [0, 0.1) is 17.0 Å². The van der Waals surface area contributed by atoms with Crippen molar-refractivity contribution in [3.8, 4) is 17.2 Å². The standard InChI is InChI=1S/C29H22N4O5S.C16H12N5O4.Co.2Na/c34-27-17-15-21(39(37,38)33-24-13-7-6-12-23(24)29(35)36)18-26(27)31-32-28-22-11-5-4-8-19(22)14-16-25(28)30-20-9-2-1-3-10-20;1-10-15(16(23)20(19-10)11-5-3-2-4-6-11)18-17-13-9-12(21(24)25)7-8-14(13)22;;;/h1-18,33H,(H3,30,31,32,34,35,36);2-9,22H,1H3;;;/q;-1;;2*+1/p-1. The number of nitrogens with zero attached hydrogens (tertiary/aromatic N) is 8. The molecule has 0 fully saturated rings. The number of rotatable bonds is 12. The van der Waals surface area contributed by atoms with Crippen LogP contribution in [0.25, 0.3) is 21.8 Å². The molecule has 67 heavy (non-hydrogen) atoms. The van der Waals surface area contributed by atoms with E-state index in [-0.39, 0.29) is 126 Å². The Balaban J connectivity index is 0.000000305. The fourth-order valence-electron chi connectivity index (χ4n) is 6.06. The Kier molecular flexibility index (Phi) is 18.9. The van der Waals surface area contributed by atoms with Crippen molar-refractivity contribution < 1.29 is 109 Å². The molecule has 0 bridgehead atoms. The molecule has 0 saturated carbocycles. The van der Waals surface area contributed by atoms with E-state index in [9.17, 15) is 43.4 Å². The number of carboxylic acid groups (broad SMARTS) is 1. The van der Waals surface area contributed by atoms with Crippen molar-refractivity contribution in [2.24, 2.45) is 20.5 Å². The number of sulfonamides is 1. The van der Waals surface area contributed by atoms with Gasteiger partial charge in [-0.3, -0.25) is 14.8 Å². The number of benzene rings is 7. The van der Waals surface area contributed by atoms with Gasteiger partial charge in [0, 0.05) is 34.3 Å². The smallest absolute Gasteiger partial charge is 0.656 e. The van der Waals surface area contributed by atoms with E-state index in [1.165, 1.54) is 41.1 Å². The number of azo groups is 2. The van der Waals surface area contributed by atoms with E-state index in [1.807, 2.05) is 72.8 Å². The van der Waals surface area contributed by atoms with Crippen LogP contribution in [0.5, 0.6) is 11.5 Å². The predicted octanol–water partition coefficient (Wildman–Crippen LogP) is 5.09. The van der Waals surface area contributed by atoms with E-state index in [0.717, 1.165) is 35.0 Å². The first-order valence-corrected chi connectivity index (χ1v) is 20.4. The second kappa shape index (κ2) is 23.8. The predicted molar refractivity (Wildman–Crippen MR) is 239 cm³/mol. The first-order valence-electron chi connectivity index (χ1n) is 18.9. The van der Waals surface area contributed by atoms with Crippen LogP contribution in [-0.4, -0.2) is 44.4 Å². The zero-order valence-corrected chi connectivity index (χ0v) is 41.5. The summed E-state index contributed by atoms with van der Waals surface area (Å²) in [5.41, 5.74) is 1.40. The molecule has 18 nitrogen and oxygen atoms in total. The molecule has 1 aromatic heterocycles. The number of non-ortho nitro benzene ring substituents is 1. The number of aryl methyl sites for hydroxylation is 1. The van der Waals surface area contributed by atoms with Gasteiger partial charge >= 0.3 is 65.1 Å². The molecule has 7 aromatic carbocycles. The molecule has 1 heterocycles. The first-order chi connectivity index (χ1) is 30.8. The summed E-state index contributed by atoms with van der Waals surface area (Å²) in [4.78, 5) is 33.9. The molecule has 0 spiro atoms. The summed E-state index contributed by atoms with van der Waals surface area (Å²) >= 11 is 0. The first kappa shape index (κ1) is 53.2. The number of aromatic hydroxyl groups is 2. The maximum Gasteiger partial charge on any atom is 1.00 e. The van der Waals surface area contributed by atoms with Gasteiger partial charge in [0.05, 0.1) is 32.4 Å². The summed E-state index contributed by atoms with van der Waals surface area (Å²) in [6, 6.07) is 42.0. The summed E-state index contributed by atoms with van der Waals surface area (Å²) in [5.74, 6) is -1.85. The Morgan fingerprint density at radius 2 is 1.39 bits per heavy atom. The Hall–Kier alpha value is -6.46. The number of nitrogens with one attached hydrogen (secondary N) is 1.